The summed E-state index contributed by atoms with van der Waals surface area (Å²) in [5.41, 5.74) is 13.1. The smallest absolute Gasteiger partial charge is 0.251 e. The van der Waals surface area contributed by atoms with Crippen LogP contribution in [0, 0.1) is 6.92 Å². The monoisotopic (exact) mass is 826 g/mol. The van der Waals surface area contributed by atoms with E-state index in [1.54, 1.807) is 0 Å². The van der Waals surface area contributed by atoms with Gasteiger partial charge >= 0.3 is 0 Å². The van der Waals surface area contributed by atoms with Crippen LogP contribution in [0.2, 0.25) is 0 Å². The van der Waals surface area contributed by atoms with Gasteiger partial charge in [0.25, 0.3) is 6.71 Å². The van der Waals surface area contributed by atoms with E-state index in [1.807, 2.05) is 22.7 Å². The van der Waals surface area contributed by atoms with Crippen LogP contribution in [0.25, 0.3) is 40.3 Å². The number of anilines is 6. The van der Waals surface area contributed by atoms with Gasteiger partial charge < -0.3 is 9.80 Å². The molecule has 284 valence electrons. The Labute approximate surface area is 363 Å². The van der Waals surface area contributed by atoms with Gasteiger partial charge in [-0.05, 0) is 110 Å². The van der Waals surface area contributed by atoms with Crippen LogP contribution in [-0.4, -0.2) is 14.8 Å². The van der Waals surface area contributed by atoms with Gasteiger partial charge in [0.05, 0.1) is 0 Å². The lowest BCUT2D eigenvalue weighted by molar-refractivity contribution is 1.24. The van der Waals surface area contributed by atoms with Crippen LogP contribution in [0.1, 0.15) is 5.56 Å². The molecule has 0 atom stereocenters. The fourth-order valence-corrected chi connectivity index (χ4v) is 19.0. The number of rotatable bonds is 4. The summed E-state index contributed by atoms with van der Waals surface area (Å²) in [5, 5.41) is 11.1. The molecule has 0 amide bonds. The second kappa shape index (κ2) is 12.4. The fraction of sp³-hybridized carbons (Fsp3) is 0.0182. The predicted octanol–water partition coefficient (Wildman–Crippen LogP) is 10.5. The molecule has 6 heteroatoms. The van der Waals surface area contributed by atoms with Crippen molar-refractivity contribution >= 4 is 149 Å². The highest BCUT2D eigenvalue weighted by Gasteiger charge is 2.56. The van der Waals surface area contributed by atoms with Crippen molar-refractivity contribution in [3.63, 3.8) is 0 Å². The molecule has 0 saturated heterocycles. The lowest BCUT2D eigenvalue weighted by Gasteiger charge is -2.51. The molecule has 0 saturated carbocycles. The minimum atomic E-state index is -2.91. The zero-order chi connectivity index (χ0) is 40.0. The van der Waals surface area contributed by atoms with Crippen molar-refractivity contribution in [1.29, 1.82) is 0 Å². The van der Waals surface area contributed by atoms with E-state index in [4.69, 9.17) is 0 Å². The Balaban J connectivity index is 1.13. The molecule has 3 aliphatic rings. The number of hydrogen-bond acceptors (Lipinski definition) is 4. The van der Waals surface area contributed by atoms with E-state index in [0.29, 0.717) is 0 Å². The van der Waals surface area contributed by atoms with Crippen molar-refractivity contribution in [3.8, 4) is 0 Å². The fourth-order valence-electron chi connectivity index (χ4n) is 11.4. The maximum atomic E-state index is 2.62. The van der Waals surface area contributed by atoms with Gasteiger partial charge in [-0.2, -0.15) is 0 Å². The highest BCUT2D eigenvalue weighted by atomic mass is 32.1. The summed E-state index contributed by atoms with van der Waals surface area (Å²) in [5.74, 6) is 0. The zero-order valence-electron chi connectivity index (χ0n) is 33.3. The Bertz CT molecular complexity index is 3410. The highest BCUT2D eigenvalue weighted by Crippen LogP contribution is 2.47. The SMILES string of the molecule is Cc1cc2c3c(c1)N(c1ccc4c(c1)sc1ccccc14)c1cccc4c1B3c1c(cccc1[Si]4(c1ccccc1)c1ccccc1)N2c1ccc2c(c1)sc1ccccc12. The number of thiophene rings is 2. The van der Waals surface area contributed by atoms with Crippen LogP contribution >= 0.6 is 22.7 Å². The molecule has 11 aromatic rings. The van der Waals surface area contributed by atoms with Crippen molar-refractivity contribution < 1.29 is 0 Å². The minimum absolute atomic E-state index is 0.0738. The number of aryl methyl sites for hydroxylation is 1. The molecule has 61 heavy (non-hydrogen) atoms. The first-order valence-corrected chi connectivity index (χ1v) is 24.8. The Morgan fingerprint density at radius 2 is 0.820 bits per heavy atom. The normalized spacial score (nSPS) is 14.3. The quantitative estimate of drug-likeness (QED) is 0.163. The van der Waals surface area contributed by atoms with E-state index in [-0.39, 0.29) is 6.71 Å². The first kappa shape index (κ1) is 34.1. The lowest BCUT2D eigenvalue weighted by Crippen LogP contribution is -2.88. The molecule has 5 heterocycles. The molecule has 14 rings (SSSR count). The molecule has 0 unspecified atom stereocenters. The Kier molecular flexibility index (Phi) is 6.94. The second-order valence-electron chi connectivity index (χ2n) is 16.8. The minimum Gasteiger partial charge on any atom is -0.311 e. The van der Waals surface area contributed by atoms with E-state index >= 15 is 0 Å². The van der Waals surface area contributed by atoms with E-state index in [9.17, 15) is 0 Å². The number of hydrogen-bond donors (Lipinski definition) is 0. The molecule has 0 spiro atoms. The second-order valence-corrected chi connectivity index (χ2v) is 22.7. The first-order chi connectivity index (χ1) is 30.2. The maximum absolute atomic E-state index is 2.91. The largest absolute Gasteiger partial charge is 0.311 e. The maximum Gasteiger partial charge on any atom is 0.251 e. The number of nitrogens with zero attached hydrogens (tertiary/aromatic N) is 2. The van der Waals surface area contributed by atoms with Crippen LogP contribution in [0.3, 0.4) is 0 Å². The van der Waals surface area contributed by atoms with Gasteiger partial charge in [0, 0.05) is 74.5 Å². The van der Waals surface area contributed by atoms with Gasteiger partial charge in [-0.1, -0.05) is 133 Å². The van der Waals surface area contributed by atoms with E-state index < -0.39 is 8.07 Å². The molecular formula is C55H35BN2S2Si. The van der Waals surface area contributed by atoms with Crippen molar-refractivity contribution in [2.75, 3.05) is 9.80 Å². The van der Waals surface area contributed by atoms with E-state index in [1.165, 1.54) is 117 Å². The molecule has 0 bridgehead atoms. The summed E-state index contributed by atoms with van der Waals surface area (Å²) in [6.07, 6.45) is 0. The van der Waals surface area contributed by atoms with Gasteiger partial charge in [-0.15, -0.1) is 22.7 Å². The molecule has 0 fully saturated rings. The average Bonchev–Trinajstić information content (AvgIpc) is 3.87. The summed E-state index contributed by atoms with van der Waals surface area (Å²) in [6.45, 7) is 2.35. The molecule has 9 aromatic carbocycles. The molecule has 0 radical (unpaired) electrons. The first-order valence-electron chi connectivity index (χ1n) is 21.1. The zero-order valence-corrected chi connectivity index (χ0v) is 35.9. The van der Waals surface area contributed by atoms with Gasteiger partial charge in [0.1, 0.15) is 0 Å². The molecular weight excluding hydrogens is 792 g/mol. The van der Waals surface area contributed by atoms with Crippen LogP contribution in [0.4, 0.5) is 34.1 Å². The third kappa shape index (κ3) is 4.46. The molecule has 3 aliphatic heterocycles. The molecule has 2 nitrogen and oxygen atoms in total. The summed E-state index contributed by atoms with van der Waals surface area (Å²) < 4.78 is 5.29. The van der Waals surface area contributed by atoms with Crippen molar-refractivity contribution in [2.45, 2.75) is 6.92 Å². The summed E-state index contributed by atoms with van der Waals surface area (Å²) in [7, 11) is -2.91. The van der Waals surface area contributed by atoms with E-state index in [0.717, 1.165) is 0 Å². The van der Waals surface area contributed by atoms with Gasteiger partial charge in [-0.25, -0.2) is 0 Å². The van der Waals surface area contributed by atoms with Crippen molar-refractivity contribution in [3.05, 3.63) is 200 Å². The van der Waals surface area contributed by atoms with Crippen LogP contribution in [0.15, 0.2) is 194 Å². The summed E-state index contributed by atoms with van der Waals surface area (Å²) in [4.78, 5) is 5.23. The van der Waals surface area contributed by atoms with E-state index in [2.05, 4.69) is 211 Å². The van der Waals surface area contributed by atoms with Crippen LogP contribution in [0.5, 0.6) is 0 Å². The highest BCUT2D eigenvalue weighted by molar-refractivity contribution is 7.27. The lowest BCUT2D eigenvalue weighted by atomic mass is 9.33. The number of fused-ring (bicyclic) bond motifs is 6. The third-order valence-corrected chi connectivity index (χ3v) is 20.9. The van der Waals surface area contributed by atoms with Crippen LogP contribution < -0.4 is 46.9 Å². The third-order valence-electron chi connectivity index (χ3n) is 13.7. The van der Waals surface area contributed by atoms with Gasteiger partial charge in [0.2, 0.25) is 0 Å². The Hall–Kier alpha value is -6.70. The van der Waals surface area contributed by atoms with Crippen molar-refractivity contribution in [1.82, 2.24) is 0 Å². The standard InChI is InChI=1S/C55H35BN2S2Si/c1-34-30-45-53-46(31-34)58(36-27-29-42-40-19-9-11-23-48(40)60-50(42)33-36)44-21-13-25-52-55(44)56(53)54-43(57(45)35-26-28-41-39-18-8-10-22-47(39)59-49(41)32-35)20-12-24-51(54)61(52,37-14-4-2-5-15-37)38-16-6-3-7-17-38/h2-33H,1H3. The Morgan fingerprint density at radius 3 is 1.31 bits per heavy atom. The molecule has 2 aromatic heterocycles. The summed E-state index contributed by atoms with van der Waals surface area (Å²) >= 11 is 3.79. The summed E-state index contributed by atoms with van der Waals surface area (Å²) in [6, 6.07) is 74.4. The van der Waals surface area contributed by atoms with Crippen molar-refractivity contribution in [2.24, 2.45) is 0 Å². The Morgan fingerprint density at radius 1 is 0.377 bits per heavy atom. The molecule has 0 N–H and O–H groups in total. The van der Waals surface area contributed by atoms with Crippen LogP contribution in [-0.2, 0) is 0 Å². The van der Waals surface area contributed by atoms with Gasteiger partial charge in [-0.3, -0.25) is 0 Å². The number of benzene rings is 9. The van der Waals surface area contributed by atoms with Gasteiger partial charge in [0.15, 0.2) is 8.07 Å². The predicted molar refractivity (Wildman–Crippen MR) is 268 cm³/mol. The molecule has 0 aliphatic carbocycles. The average molecular weight is 827 g/mol. The topological polar surface area (TPSA) is 6.48 Å².